The van der Waals surface area contributed by atoms with E-state index in [-0.39, 0.29) is 19.6 Å². The van der Waals surface area contributed by atoms with Gasteiger partial charge in [-0.25, -0.2) is 4.98 Å². The van der Waals surface area contributed by atoms with E-state index in [9.17, 15) is 9.59 Å². The Morgan fingerprint density at radius 3 is 2.45 bits per heavy atom. The van der Waals surface area contributed by atoms with Gasteiger partial charge in [-0.1, -0.05) is 11.6 Å². The minimum absolute atomic E-state index is 0.137. The summed E-state index contributed by atoms with van der Waals surface area (Å²) in [6.07, 6.45) is 3.37. The maximum atomic E-state index is 10.7. The van der Waals surface area contributed by atoms with E-state index in [1.807, 2.05) is 0 Å². The number of nitrogens with zero attached hydrogens (tertiary/aromatic N) is 3. The summed E-state index contributed by atoms with van der Waals surface area (Å²) in [6.45, 7) is -0.584. The predicted molar refractivity (Wildman–Crippen MR) is 70.8 cm³/mol. The number of halogens is 1. The maximum absolute atomic E-state index is 10.7. The summed E-state index contributed by atoms with van der Waals surface area (Å²) in [5, 5.41) is 18.1. The van der Waals surface area contributed by atoms with Crippen molar-refractivity contribution in [3.63, 3.8) is 0 Å². The van der Waals surface area contributed by atoms with Crippen molar-refractivity contribution in [1.82, 2.24) is 14.3 Å². The van der Waals surface area contributed by atoms with Gasteiger partial charge in [-0.2, -0.15) is 0 Å². The van der Waals surface area contributed by atoms with Crippen LogP contribution in [0.1, 0.15) is 5.69 Å². The van der Waals surface area contributed by atoms with Crippen molar-refractivity contribution in [2.24, 2.45) is 0 Å². The number of aliphatic carboxylic acids is 2. The molecular weight excluding hydrogens is 286 g/mol. The second kappa shape index (κ2) is 5.89. The van der Waals surface area contributed by atoms with Crippen LogP contribution < -0.4 is 0 Å². The number of carboxylic acids is 2. The van der Waals surface area contributed by atoms with E-state index in [1.165, 1.54) is 4.90 Å². The lowest BCUT2D eigenvalue weighted by molar-refractivity contribution is -0.142. The standard InChI is InChI=1S/C12H12ClN3O4/c13-8-1-2-10-14-9(5-16(10)3-8)4-15(6-11(17)18)7-12(19)20/h1-3,5H,4,6-7H2,(H,17,18)(H,19,20). The zero-order valence-electron chi connectivity index (χ0n) is 10.4. The quantitative estimate of drug-likeness (QED) is 0.824. The Kier molecular flexibility index (Phi) is 4.21. The molecule has 0 aliphatic rings. The molecule has 106 valence electrons. The van der Waals surface area contributed by atoms with E-state index in [0.717, 1.165) is 0 Å². The molecule has 0 saturated carbocycles. The van der Waals surface area contributed by atoms with Gasteiger partial charge in [0.25, 0.3) is 0 Å². The van der Waals surface area contributed by atoms with Crippen LogP contribution in [0.15, 0.2) is 24.5 Å². The Morgan fingerprint density at radius 2 is 1.85 bits per heavy atom. The second-order valence-electron chi connectivity index (χ2n) is 4.28. The van der Waals surface area contributed by atoms with E-state index >= 15 is 0 Å². The average molecular weight is 298 g/mol. The molecule has 7 nitrogen and oxygen atoms in total. The van der Waals surface area contributed by atoms with Gasteiger partial charge in [-0.3, -0.25) is 14.5 Å². The fourth-order valence-corrected chi connectivity index (χ4v) is 2.04. The highest BCUT2D eigenvalue weighted by Crippen LogP contribution is 2.12. The third-order valence-corrected chi connectivity index (χ3v) is 2.79. The molecule has 2 aromatic rings. The molecule has 0 unspecified atom stereocenters. The number of rotatable bonds is 6. The predicted octanol–water partition coefficient (Wildman–Crippen LogP) is 0.959. The molecule has 0 fully saturated rings. The van der Waals surface area contributed by atoms with Gasteiger partial charge >= 0.3 is 11.9 Å². The molecule has 0 aliphatic carbocycles. The fraction of sp³-hybridized carbons (Fsp3) is 0.250. The van der Waals surface area contributed by atoms with Gasteiger partial charge in [0.05, 0.1) is 23.8 Å². The second-order valence-corrected chi connectivity index (χ2v) is 4.71. The van der Waals surface area contributed by atoms with Crippen LogP contribution in [-0.4, -0.2) is 49.5 Å². The molecule has 0 radical (unpaired) electrons. The zero-order chi connectivity index (χ0) is 14.7. The molecule has 2 heterocycles. The first kappa shape index (κ1) is 14.3. The van der Waals surface area contributed by atoms with Crippen molar-refractivity contribution >= 4 is 29.2 Å². The number of hydrogen-bond donors (Lipinski definition) is 2. The van der Waals surface area contributed by atoms with Gasteiger partial charge in [-0.05, 0) is 12.1 Å². The molecule has 0 spiro atoms. The Bertz CT molecular complexity index is 639. The van der Waals surface area contributed by atoms with Crippen LogP contribution in [0.2, 0.25) is 5.02 Å². The number of hydrogen-bond acceptors (Lipinski definition) is 4. The molecule has 2 rings (SSSR count). The van der Waals surface area contributed by atoms with Crippen molar-refractivity contribution in [1.29, 1.82) is 0 Å². The summed E-state index contributed by atoms with van der Waals surface area (Å²) in [5.74, 6) is -2.17. The van der Waals surface area contributed by atoms with Crippen LogP contribution in [-0.2, 0) is 16.1 Å². The van der Waals surface area contributed by atoms with Crippen LogP contribution in [0.4, 0.5) is 0 Å². The van der Waals surface area contributed by atoms with E-state index in [1.54, 1.807) is 28.9 Å². The number of aromatic nitrogens is 2. The molecule has 0 bridgehead atoms. The van der Waals surface area contributed by atoms with Crippen LogP contribution in [0.25, 0.3) is 5.65 Å². The summed E-state index contributed by atoms with van der Waals surface area (Å²) < 4.78 is 1.71. The molecule has 0 aliphatic heterocycles. The van der Waals surface area contributed by atoms with Gasteiger partial charge < -0.3 is 14.6 Å². The average Bonchev–Trinajstić information content (AvgIpc) is 2.68. The Hall–Kier alpha value is -2.12. The topological polar surface area (TPSA) is 95.1 Å². The molecule has 0 amide bonds. The third-order valence-electron chi connectivity index (χ3n) is 2.57. The summed E-state index contributed by atoms with van der Waals surface area (Å²) in [5.41, 5.74) is 1.24. The van der Waals surface area contributed by atoms with Crippen molar-refractivity contribution in [3.05, 3.63) is 35.2 Å². The number of imidazole rings is 1. The number of pyridine rings is 1. The first-order valence-corrected chi connectivity index (χ1v) is 6.11. The maximum Gasteiger partial charge on any atom is 0.317 e. The highest BCUT2D eigenvalue weighted by atomic mass is 35.5. The van der Waals surface area contributed by atoms with Crippen molar-refractivity contribution in [2.75, 3.05) is 13.1 Å². The fourth-order valence-electron chi connectivity index (χ4n) is 1.87. The van der Waals surface area contributed by atoms with Gasteiger partial charge in [-0.15, -0.1) is 0 Å². The zero-order valence-corrected chi connectivity index (χ0v) is 11.1. The van der Waals surface area contributed by atoms with Crippen molar-refractivity contribution in [2.45, 2.75) is 6.54 Å². The minimum Gasteiger partial charge on any atom is -0.480 e. The monoisotopic (exact) mass is 297 g/mol. The molecule has 8 heteroatoms. The Labute approximate surface area is 119 Å². The Morgan fingerprint density at radius 1 is 1.20 bits per heavy atom. The molecular formula is C12H12ClN3O4. The number of fused-ring (bicyclic) bond motifs is 1. The first-order chi connectivity index (χ1) is 9.44. The molecule has 2 N–H and O–H groups in total. The van der Waals surface area contributed by atoms with E-state index in [4.69, 9.17) is 21.8 Å². The summed E-state index contributed by atoms with van der Waals surface area (Å²) in [7, 11) is 0. The third kappa shape index (κ3) is 3.69. The summed E-state index contributed by atoms with van der Waals surface area (Å²) in [4.78, 5) is 27.0. The van der Waals surface area contributed by atoms with Crippen LogP contribution in [0.3, 0.4) is 0 Å². The van der Waals surface area contributed by atoms with Gasteiger partial charge in [0, 0.05) is 18.9 Å². The lowest BCUT2D eigenvalue weighted by Crippen LogP contribution is -2.34. The number of carbonyl (C=O) groups is 2. The number of carboxylic acid groups (broad SMARTS) is 2. The van der Waals surface area contributed by atoms with Crippen LogP contribution in [0, 0.1) is 0 Å². The highest BCUT2D eigenvalue weighted by molar-refractivity contribution is 6.30. The summed E-state index contributed by atoms with van der Waals surface area (Å²) >= 11 is 5.86. The summed E-state index contributed by atoms with van der Waals surface area (Å²) in [6, 6.07) is 3.42. The molecule has 2 aromatic heterocycles. The van der Waals surface area contributed by atoms with Gasteiger partial charge in [0.1, 0.15) is 5.65 Å². The Balaban J connectivity index is 2.18. The van der Waals surface area contributed by atoms with E-state index in [0.29, 0.717) is 16.4 Å². The first-order valence-electron chi connectivity index (χ1n) is 5.73. The van der Waals surface area contributed by atoms with Crippen LogP contribution in [0.5, 0.6) is 0 Å². The molecule has 20 heavy (non-hydrogen) atoms. The smallest absolute Gasteiger partial charge is 0.317 e. The SMILES string of the molecule is O=C(O)CN(CC(=O)O)Cc1cn2cc(Cl)ccc2n1. The van der Waals surface area contributed by atoms with Crippen molar-refractivity contribution in [3.8, 4) is 0 Å². The van der Waals surface area contributed by atoms with Crippen LogP contribution >= 0.6 is 11.6 Å². The molecule has 0 aromatic carbocycles. The molecule has 0 saturated heterocycles. The van der Waals surface area contributed by atoms with Crippen molar-refractivity contribution < 1.29 is 19.8 Å². The molecule has 0 atom stereocenters. The highest BCUT2D eigenvalue weighted by Gasteiger charge is 2.15. The minimum atomic E-state index is -1.09. The van der Waals surface area contributed by atoms with Gasteiger partial charge in [0.15, 0.2) is 0 Å². The lowest BCUT2D eigenvalue weighted by atomic mass is 10.4. The van der Waals surface area contributed by atoms with Gasteiger partial charge in [0.2, 0.25) is 0 Å². The van der Waals surface area contributed by atoms with E-state index < -0.39 is 11.9 Å². The van der Waals surface area contributed by atoms with E-state index in [2.05, 4.69) is 4.98 Å². The largest absolute Gasteiger partial charge is 0.480 e. The lowest BCUT2D eigenvalue weighted by Gasteiger charge is -2.15. The normalized spacial score (nSPS) is 11.1.